The molecule has 0 aliphatic carbocycles. The number of nitrogens with zero attached hydrogens (tertiary/aromatic N) is 2. The van der Waals surface area contributed by atoms with Crippen molar-refractivity contribution in [1.82, 2.24) is 4.31 Å². The fourth-order valence-electron chi connectivity index (χ4n) is 3.86. The number of nitro groups is 1. The van der Waals surface area contributed by atoms with E-state index in [9.17, 15) is 18.5 Å². The van der Waals surface area contributed by atoms with Crippen molar-refractivity contribution in [1.29, 1.82) is 0 Å². The van der Waals surface area contributed by atoms with Gasteiger partial charge >= 0.3 is 0 Å². The van der Waals surface area contributed by atoms with Crippen molar-refractivity contribution in [2.75, 3.05) is 31.6 Å². The molecular formula is C24H25N3O5S. The fourth-order valence-corrected chi connectivity index (χ4v) is 5.28. The number of nitro benzene ring substituents is 1. The summed E-state index contributed by atoms with van der Waals surface area (Å²) in [6, 6.07) is 23.3. The number of morpholine rings is 1. The lowest BCUT2D eigenvalue weighted by molar-refractivity contribution is -0.384. The molecule has 8 nitrogen and oxygen atoms in total. The van der Waals surface area contributed by atoms with E-state index in [2.05, 4.69) is 5.32 Å². The Kier molecular flexibility index (Phi) is 7.02. The number of anilines is 1. The van der Waals surface area contributed by atoms with Crippen LogP contribution in [0.5, 0.6) is 0 Å². The molecular weight excluding hydrogens is 442 g/mol. The van der Waals surface area contributed by atoms with E-state index in [1.165, 1.54) is 16.4 Å². The van der Waals surface area contributed by atoms with Gasteiger partial charge in [0.25, 0.3) is 5.69 Å². The summed E-state index contributed by atoms with van der Waals surface area (Å²) in [5, 5.41) is 15.2. The Morgan fingerprint density at radius 3 is 2.24 bits per heavy atom. The van der Waals surface area contributed by atoms with Crippen molar-refractivity contribution in [3.05, 3.63) is 100 Å². The minimum atomic E-state index is -3.84. The molecule has 1 fully saturated rings. The van der Waals surface area contributed by atoms with Gasteiger partial charge in [-0.15, -0.1) is 0 Å². The number of benzene rings is 3. The maximum Gasteiger partial charge on any atom is 0.293 e. The zero-order valence-corrected chi connectivity index (χ0v) is 18.8. The number of rotatable bonds is 8. The second-order valence-corrected chi connectivity index (χ2v) is 9.69. The van der Waals surface area contributed by atoms with Gasteiger partial charge in [-0.1, -0.05) is 60.7 Å². The minimum absolute atomic E-state index is 0.0963. The van der Waals surface area contributed by atoms with Gasteiger partial charge in [-0.2, -0.15) is 4.31 Å². The molecule has 1 saturated heterocycles. The van der Waals surface area contributed by atoms with Crippen molar-refractivity contribution in [2.45, 2.75) is 17.4 Å². The fraction of sp³-hybridized carbons (Fsp3) is 0.250. The summed E-state index contributed by atoms with van der Waals surface area (Å²) < 4.78 is 32.5. The lowest BCUT2D eigenvalue weighted by Gasteiger charge is -2.26. The molecule has 1 aliphatic heterocycles. The molecule has 9 heteroatoms. The molecule has 1 unspecified atom stereocenters. The molecule has 3 aromatic rings. The van der Waals surface area contributed by atoms with E-state index in [4.69, 9.17) is 4.74 Å². The van der Waals surface area contributed by atoms with E-state index in [1.54, 1.807) is 0 Å². The molecule has 0 bridgehead atoms. The molecule has 172 valence electrons. The van der Waals surface area contributed by atoms with Crippen LogP contribution in [0.25, 0.3) is 0 Å². The third-order valence-corrected chi connectivity index (χ3v) is 7.48. The van der Waals surface area contributed by atoms with Crippen LogP contribution in [0, 0.1) is 10.1 Å². The molecule has 1 heterocycles. The van der Waals surface area contributed by atoms with Crippen LogP contribution in [-0.4, -0.2) is 43.9 Å². The predicted octanol–water partition coefficient (Wildman–Crippen LogP) is 4.01. The predicted molar refractivity (Wildman–Crippen MR) is 126 cm³/mol. The molecule has 1 N–H and O–H groups in total. The highest BCUT2D eigenvalue weighted by atomic mass is 32.2. The van der Waals surface area contributed by atoms with Gasteiger partial charge in [-0.3, -0.25) is 10.1 Å². The molecule has 33 heavy (non-hydrogen) atoms. The van der Waals surface area contributed by atoms with Gasteiger partial charge in [0.2, 0.25) is 10.0 Å². The van der Waals surface area contributed by atoms with Crippen LogP contribution >= 0.6 is 0 Å². The van der Waals surface area contributed by atoms with E-state index >= 15 is 0 Å². The average molecular weight is 468 g/mol. The van der Waals surface area contributed by atoms with Crippen LogP contribution in [0.3, 0.4) is 0 Å². The number of ether oxygens (including phenoxy) is 1. The van der Waals surface area contributed by atoms with Crippen molar-refractivity contribution in [3.63, 3.8) is 0 Å². The zero-order valence-electron chi connectivity index (χ0n) is 18.0. The lowest BCUT2D eigenvalue weighted by Crippen LogP contribution is -2.40. The van der Waals surface area contributed by atoms with Gasteiger partial charge in [0.1, 0.15) is 5.69 Å². The Bertz CT molecular complexity index is 1200. The Hall–Kier alpha value is -3.27. The summed E-state index contributed by atoms with van der Waals surface area (Å²) >= 11 is 0. The molecule has 1 atom stereocenters. The monoisotopic (exact) mass is 467 g/mol. The number of nitrogens with one attached hydrogen (secondary N) is 1. The topological polar surface area (TPSA) is 102 Å². The van der Waals surface area contributed by atoms with Crippen molar-refractivity contribution in [2.24, 2.45) is 0 Å². The van der Waals surface area contributed by atoms with Gasteiger partial charge in [-0.25, -0.2) is 8.42 Å². The maximum atomic E-state index is 13.0. The first-order chi connectivity index (χ1) is 15.9. The van der Waals surface area contributed by atoms with Crippen LogP contribution in [0.2, 0.25) is 0 Å². The summed E-state index contributed by atoms with van der Waals surface area (Å²) in [5.41, 5.74) is 2.04. The Labute approximate surface area is 193 Å². The molecule has 0 amide bonds. The number of hydrogen-bond acceptors (Lipinski definition) is 6. The Balaban J connectivity index is 1.67. The van der Waals surface area contributed by atoms with Gasteiger partial charge in [0.15, 0.2) is 0 Å². The van der Waals surface area contributed by atoms with Crippen LogP contribution in [0.1, 0.15) is 17.2 Å². The van der Waals surface area contributed by atoms with Crippen LogP contribution in [0.4, 0.5) is 11.4 Å². The minimum Gasteiger partial charge on any atom is -0.379 e. The lowest BCUT2D eigenvalue weighted by atomic mass is 9.98. The SMILES string of the molecule is O=[N+]([O-])c1cc(S(=O)(=O)N2CCOCC2)ccc1NC(Cc1ccccc1)c1ccccc1. The van der Waals surface area contributed by atoms with Crippen LogP contribution < -0.4 is 5.32 Å². The molecule has 3 aromatic carbocycles. The number of hydrogen-bond donors (Lipinski definition) is 1. The first-order valence-corrected chi connectivity index (χ1v) is 12.1. The van der Waals surface area contributed by atoms with E-state index in [1.807, 2.05) is 60.7 Å². The van der Waals surface area contributed by atoms with Gasteiger partial charge in [0, 0.05) is 19.2 Å². The highest BCUT2D eigenvalue weighted by Crippen LogP contribution is 2.33. The summed E-state index contributed by atoms with van der Waals surface area (Å²) in [4.78, 5) is 11.2. The highest BCUT2D eigenvalue weighted by molar-refractivity contribution is 7.89. The first kappa shape index (κ1) is 22.9. The number of sulfonamides is 1. The van der Waals surface area contributed by atoms with Gasteiger partial charge < -0.3 is 10.1 Å². The second-order valence-electron chi connectivity index (χ2n) is 7.75. The molecule has 1 aliphatic rings. The quantitative estimate of drug-likeness (QED) is 0.397. The van der Waals surface area contributed by atoms with Gasteiger partial charge in [0.05, 0.1) is 29.1 Å². The Morgan fingerprint density at radius 2 is 1.61 bits per heavy atom. The van der Waals surface area contributed by atoms with Crippen LogP contribution in [-0.2, 0) is 21.2 Å². The normalized spacial score (nSPS) is 15.6. The van der Waals surface area contributed by atoms with E-state index in [-0.39, 0.29) is 35.4 Å². The van der Waals surface area contributed by atoms with Crippen molar-refractivity contribution in [3.8, 4) is 0 Å². The molecule has 0 saturated carbocycles. The van der Waals surface area contributed by atoms with E-state index in [0.717, 1.165) is 17.2 Å². The molecule has 0 aromatic heterocycles. The third-order valence-electron chi connectivity index (χ3n) is 5.59. The van der Waals surface area contributed by atoms with Crippen molar-refractivity contribution >= 4 is 21.4 Å². The summed E-state index contributed by atoms with van der Waals surface area (Å²) in [5.74, 6) is 0. The third kappa shape index (κ3) is 5.39. The van der Waals surface area contributed by atoms with Gasteiger partial charge in [-0.05, 0) is 29.7 Å². The summed E-state index contributed by atoms with van der Waals surface area (Å²) in [6.07, 6.45) is 0.607. The second kappa shape index (κ2) is 10.1. The molecule has 0 radical (unpaired) electrons. The zero-order chi connectivity index (χ0) is 23.3. The largest absolute Gasteiger partial charge is 0.379 e. The standard InChI is InChI=1S/C24H25N3O5S/c28-27(29)24-18-21(33(30,31)26-13-15-32-16-14-26)11-12-22(24)25-23(20-9-5-2-6-10-20)17-19-7-3-1-4-8-19/h1-12,18,23,25H,13-17H2. The average Bonchev–Trinajstić information content (AvgIpc) is 2.85. The van der Waals surface area contributed by atoms with Crippen LogP contribution in [0.15, 0.2) is 83.8 Å². The highest BCUT2D eigenvalue weighted by Gasteiger charge is 2.29. The molecule has 0 spiro atoms. The Morgan fingerprint density at radius 1 is 0.970 bits per heavy atom. The molecule has 4 rings (SSSR count). The summed E-state index contributed by atoms with van der Waals surface area (Å²) in [7, 11) is -3.84. The summed E-state index contributed by atoms with van der Waals surface area (Å²) in [6.45, 7) is 1.06. The van der Waals surface area contributed by atoms with E-state index in [0.29, 0.717) is 19.6 Å². The maximum absolute atomic E-state index is 13.0. The van der Waals surface area contributed by atoms with E-state index < -0.39 is 14.9 Å². The first-order valence-electron chi connectivity index (χ1n) is 10.7. The van der Waals surface area contributed by atoms with Crippen molar-refractivity contribution < 1.29 is 18.1 Å². The smallest absolute Gasteiger partial charge is 0.293 e.